The second kappa shape index (κ2) is 5.60. The van der Waals surface area contributed by atoms with Crippen molar-refractivity contribution in [3.8, 4) is 5.75 Å². The second-order valence-corrected chi connectivity index (χ2v) is 5.34. The molecule has 0 N–H and O–H groups in total. The van der Waals surface area contributed by atoms with Gasteiger partial charge in [-0.1, -0.05) is 17.3 Å². The molecule has 5 nitrogen and oxygen atoms in total. The van der Waals surface area contributed by atoms with Crippen LogP contribution in [0.15, 0.2) is 34.9 Å². The van der Waals surface area contributed by atoms with E-state index in [9.17, 15) is 4.79 Å². The van der Waals surface area contributed by atoms with Crippen LogP contribution in [0, 0.1) is 6.92 Å². The van der Waals surface area contributed by atoms with E-state index in [1.807, 2.05) is 29.2 Å². The molecular weight excluding hydrogens is 268 g/mol. The molecule has 1 fully saturated rings. The van der Waals surface area contributed by atoms with Gasteiger partial charge in [0.2, 0.25) is 0 Å². The minimum Gasteiger partial charge on any atom is -0.497 e. The highest BCUT2D eigenvalue weighted by molar-refractivity contribution is 5.92. The lowest BCUT2D eigenvalue weighted by Gasteiger charge is -2.21. The zero-order valence-electron chi connectivity index (χ0n) is 12.2. The first-order chi connectivity index (χ1) is 10.2. The summed E-state index contributed by atoms with van der Waals surface area (Å²) in [6.45, 7) is 2.37. The Hall–Kier alpha value is -2.30. The molecule has 0 radical (unpaired) electrons. The quantitative estimate of drug-likeness (QED) is 0.848. The van der Waals surface area contributed by atoms with Gasteiger partial charge < -0.3 is 14.2 Å². The van der Waals surface area contributed by atoms with Crippen molar-refractivity contribution in [2.24, 2.45) is 0 Å². The molecular formula is C16H18N2O3. The van der Waals surface area contributed by atoms with Crippen molar-refractivity contribution in [2.45, 2.75) is 32.4 Å². The maximum atomic E-state index is 12.5. The van der Waals surface area contributed by atoms with Crippen molar-refractivity contribution < 1.29 is 14.1 Å². The Balaban J connectivity index is 1.76. The zero-order valence-corrected chi connectivity index (χ0v) is 12.2. The Morgan fingerprint density at radius 2 is 2.10 bits per heavy atom. The smallest absolute Gasteiger partial charge is 0.276 e. The van der Waals surface area contributed by atoms with E-state index in [1.54, 1.807) is 20.1 Å². The molecule has 0 spiro atoms. The van der Waals surface area contributed by atoms with Crippen LogP contribution in [0.5, 0.6) is 5.75 Å². The molecule has 5 heteroatoms. The van der Waals surface area contributed by atoms with E-state index in [4.69, 9.17) is 9.26 Å². The molecule has 0 bridgehead atoms. The fourth-order valence-corrected chi connectivity index (χ4v) is 2.29. The average Bonchev–Trinajstić information content (AvgIpc) is 3.26. The largest absolute Gasteiger partial charge is 0.497 e. The highest BCUT2D eigenvalue weighted by Crippen LogP contribution is 2.30. The Morgan fingerprint density at radius 3 is 2.62 bits per heavy atom. The van der Waals surface area contributed by atoms with Crippen LogP contribution < -0.4 is 4.74 Å². The summed E-state index contributed by atoms with van der Waals surface area (Å²) in [5.74, 6) is 1.40. The standard InChI is InChI=1S/C16H18N2O3/c1-11-9-15(17-21-11)16(19)18(13-5-6-13)10-12-3-7-14(20-2)8-4-12/h3-4,7-9,13H,5-6,10H2,1-2H3. The summed E-state index contributed by atoms with van der Waals surface area (Å²) in [7, 11) is 1.64. The summed E-state index contributed by atoms with van der Waals surface area (Å²) in [6.07, 6.45) is 2.11. The lowest BCUT2D eigenvalue weighted by Crippen LogP contribution is -2.32. The highest BCUT2D eigenvalue weighted by atomic mass is 16.5. The van der Waals surface area contributed by atoms with Gasteiger partial charge >= 0.3 is 0 Å². The van der Waals surface area contributed by atoms with E-state index in [-0.39, 0.29) is 5.91 Å². The first-order valence-corrected chi connectivity index (χ1v) is 7.04. The van der Waals surface area contributed by atoms with Gasteiger partial charge in [0.05, 0.1) is 7.11 Å². The number of hydrogen-bond donors (Lipinski definition) is 0. The molecule has 3 rings (SSSR count). The molecule has 1 aliphatic carbocycles. The van der Waals surface area contributed by atoms with Crippen molar-refractivity contribution in [3.05, 3.63) is 47.3 Å². The number of ether oxygens (including phenoxy) is 1. The predicted octanol–water partition coefficient (Wildman–Crippen LogP) is 2.80. The van der Waals surface area contributed by atoms with E-state index < -0.39 is 0 Å². The summed E-state index contributed by atoms with van der Waals surface area (Å²) in [5.41, 5.74) is 1.46. The molecule has 21 heavy (non-hydrogen) atoms. The van der Waals surface area contributed by atoms with Crippen LogP contribution in [-0.2, 0) is 6.54 Å². The molecule has 1 aromatic carbocycles. The van der Waals surface area contributed by atoms with E-state index in [0.717, 1.165) is 24.2 Å². The molecule has 0 atom stereocenters. The van der Waals surface area contributed by atoms with Gasteiger partial charge in [-0.3, -0.25) is 4.79 Å². The number of rotatable bonds is 5. The fraction of sp³-hybridized carbons (Fsp3) is 0.375. The molecule has 0 aliphatic heterocycles. The SMILES string of the molecule is COc1ccc(CN(C(=O)c2cc(C)on2)C2CC2)cc1. The van der Waals surface area contributed by atoms with Crippen molar-refractivity contribution in [2.75, 3.05) is 7.11 Å². The Labute approximate surface area is 123 Å². The number of aromatic nitrogens is 1. The lowest BCUT2D eigenvalue weighted by molar-refractivity contribution is 0.0719. The zero-order chi connectivity index (χ0) is 14.8. The van der Waals surface area contributed by atoms with Crippen LogP contribution >= 0.6 is 0 Å². The fourth-order valence-electron chi connectivity index (χ4n) is 2.29. The van der Waals surface area contributed by atoms with Crippen LogP contribution in [0.1, 0.15) is 34.7 Å². The van der Waals surface area contributed by atoms with Crippen LogP contribution in [0.25, 0.3) is 0 Å². The third-order valence-electron chi connectivity index (χ3n) is 3.61. The van der Waals surface area contributed by atoms with E-state index >= 15 is 0 Å². The molecule has 1 saturated carbocycles. The molecule has 1 heterocycles. The molecule has 1 aromatic heterocycles. The Kier molecular flexibility index (Phi) is 3.64. The van der Waals surface area contributed by atoms with Crippen LogP contribution in [0.2, 0.25) is 0 Å². The van der Waals surface area contributed by atoms with Crippen molar-refractivity contribution in [1.29, 1.82) is 0 Å². The van der Waals surface area contributed by atoms with Gasteiger partial charge in [-0.15, -0.1) is 0 Å². The monoisotopic (exact) mass is 286 g/mol. The maximum absolute atomic E-state index is 12.5. The van der Waals surface area contributed by atoms with E-state index in [1.165, 1.54) is 0 Å². The molecule has 1 aliphatic rings. The number of hydrogen-bond acceptors (Lipinski definition) is 4. The number of amides is 1. The van der Waals surface area contributed by atoms with Crippen LogP contribution in [-0.4, -0.2) is 29.1 Å². The molecule has 2 aromatic rings. The summed E-state index contributed by atoms with van der Waals surface area (Å²) >= 11 is 0. The molecule has 1 amide bonds. The van der Waals surface area contributed by atoms with E-state index in [0.29, 0.717) is 24.0 Å². The maximum Gasteiger partial charge on any atom is 0.276 e. The Morgan fingerprint density at radius 1 is 1.38 bits per heavy atom. The Bertz CT molecular complexity index is 629. The number of benzene rings is 1. The topological polar surface area (TPSA) is 55.6 Å². The molecule has 110 valence electrons. The van der Waals surface area contributed by atoms with Gasteiger partial charge in [0.25, 0.3) is 5.91 Å². The lowest BCUT2D eigenvalue weighted by atomic mass is 10.2. The summed E-state index contributed by atoms with van der Waals surface area (Å²) in [5, 5.41) is 3.83. The number of nitrogens with zero attached hydrogens (tertiary/aromatic N) is 2. The molecule has 0 unspecified atom stereocenters. The third kappa shape index (κ3) is 3.07. The second-order valence-electron chi connectivity index (χ2n) is 5.34. The summed E-state index contributed by atoms with van der Waals surface area (Å²) in [4.78, 5) is 14.4. The molecule has 0 saturated heterocycles. The third-order valence-corrected chi connectivity index (χ3v) is 3.61. The number of carbonyl (C=O) groups excluding carboxylic acids is 1. The minimum absolute atomic E-state index is 0.0647. The number of carbonyl (C=O) groups is 1. The van der Waals surface area contributed by atoms with Crippen molar-refractivity contribution in [3.63, 3.8) is 0 Å². The highest BCUT2D eigenvalue weighted by Gasteiger charge is 2.34. The van der Waals surface area contributed by atoms with Gasteiger partial charge in [0.15, 0.2) is 5.69 Å². The van der Waals surface area contributed by atoms with E-state index in [2.05, 4.69) is 5.16 Å². The van der Waals surface area contributed by atoms with Gasteiger partial charge in [-0.25, -0.2) is 0 Å². The van der Waals surface area contributed by atoms with Crippen LogP contribution in [0.4, 0.5) is 0 Å². The number of aryl methyl sites for hydroxylation is 1. The minimum atomic E-state index is -0.0647. The summed E-state index contributed by atoms with van der Waals surface area (Å²) in [6, 6.07) is 9.78. The van der Waals surface area contributed by atoms with Crippen molar-refractivity contribution in [1.82, 2.24) is 10.1 Å². The van der Waals surface area contributed by atoms with Crippen molar-refractivity contribution >= 4 is 5.91 Å². The predicted molar refractivity (Wildman–Crippen MR) is 77.1 cm³/mol. The normalized spacial score (nSPS) is 14.0. The van der Waals surface area contributed by atoms with Gasteiger partial charge in [0.1, 0.15) is 11.5 Å². The van der Waals surface area contributed by atoms with Gasteiger partial charge in [-0.2, -0.15) is 0 Å². The number of methoxy groups -OCH3 is 1. The average molecular weight is 286 g/mol. The summed E-state index contributed by atoms with van der Waals surface area (Å²) < 4.78 is 10.2. The first kappa shape index (κ1) is 13.7. The van der Waals surface area contributed by atoms with Gasteiger partial charge in [-0.05, 0) is 37.5 Å². The van der Waals surface area contributed by atoms with Gasteiger partial charge in [0, 0.05) is 18.7 Å². The first-order valence-electron chi connectivity index (χ1n) is 7.04. The van der Waals surface area contributed by atoms with Crippen LogP contribution in [0.3, 0.4) is 0 Å².